The minimum atomic E-state index is -0.343. The fraction of sp³-hybridized carbons (Fsp3) is 0.571. The summed E-state index contributed by atoms with van der Waals surface area (Å²) in [5.74, 6) is 1.03. The zero-order valence-electron chi connectivity index (χ0n) is 12.9. The molecule has 0 spiro atoms. The molecule has 0 atom stereocenters. The van der Waals surface area contributed by atoms with Crippen LogP contribution in [0.4, 0.5) is 0 Å². The third-order valence-electron chi connectivity index (χ3n) is 2.93. The Morgan fingerprint density at radius 2 is 2.00 bits per heavy atom. The normalized spacial score (nSPS) is 10.7. The molecule has 0 bridgehead atoms. The Balaban J connectivity index is 2.62. The zero-order chi connectivity index (χ0) is 15.8. The van der Waals surface area contributed by atoms with E-state index in [0.29, 0.717) is 13.1 Å². The fourth-order valence-electron chi connectivity index (χ4n) is 1.73. The first kappa shape index (κ1) is 17.2. The van der Waals surface area contributed by atoms with Crippen molar-refractivity contribution < 1.29 is 14.0 Å². The molecule has 0 saturated carbocycles. The summed E-state index contributed by atoms with van der Waals surface area (Å²) in [6.07, 6.45) is 0. The summed E-state index contributed by atoms with van der Waals surface area (Å²) >= 11 is 0. The van der Waals surface area contributed by atoms with E-state index in [1.54, 1.807) is 4.90 Å². The molecule has 1 aromatic heterocycles. The van der Waals surface area contributed by atoms with Gasteiger partial charge in [-0.05, 0) is 33.2 Å². The van der Waals surface area contributed by atoms with Crippen molar-refractivity contribution in [1.82, 2.24) is 15.1 Å². The van der Waals surface area contributed by atoms with Crippen molar-refractivity contribution in [3.8, 4) is 0 Å². The highest BCUT2D eigenvalue weighted by Gasteiger charge is 2.16. The molecule has 1 rings (SSSR count). The Bertz CT molecular complexity index is 471. The van der Waals surface area contributed by atoms with Gasteiger partial charge >= 0.3 is 0 Å². The third kappa shape index (κ3) is 6.42. The highest BCUT2D eigenvalue weighted by atomic mass is 16.3. The number of nitrogens with zero attached hydrogens (tertiary/aromatic N) is 2. The van der Waals surface area contributed by atoms with Gasteiger partial charge in [0.15, 0.2) is 0 Å². The average Bonchev–Trinajstić information content (AvgIpc) is 2.85. The van der Waals surface area contributed by atoms with Crippen molar-refractivity contribution >= 4 is 11.8 Å². The van der Waals surface area contributed by atoms with Crippen molar-refractivity contribution in [2.45, 2.75) is 13.5 Å². The van der Waals surface area contributed by atoms with Gasteiger partial charge in [-0.2, -0.15) is 0 Å². The molecular formula is C14H24N4O3. The van der Waals surface area contributed by atoms with Crippen LogP contribution in [0.2, 0.25) is 0 Å². The van der Waals surface area contributed by atoms with E-state index in [1.165, 1.54) is 0 Å². The van der Waals surface area contributed by atoms with E-state index in [-0.39, 0.29) is 24.9 Å². The van der Waals surface area contributed by atoms with Crippen LogP contribution in [0.3, 0.4) is 0 Å². The zero-order valence-corrected chi connectivity index (χ0v) is 12.9. The van der Waals surface area contributed by atoms with Crippen molar-refractivity contribution in [3.05, 3.63) is 23.7 Å². The van der Waals surface area contributed by atoms with Crippen molar-refractivity contribution in [2.24, 2.45) is 5.73 Å². The highest BCUT2D eigenvalue weighted by molar-refractivity contribution is 5.85. The molecule has 0 fully saturated rings. The van der Waals surface area contributed by atoms with Crippen LogP contribution in [0.5, 0.6) is 0 Å². The van der Waals surface area contributed by atoms with E-state index in [1.807, 2.05) is 38.1 Å². The second-order valence-corrected chi connectivity index (χ2v) is 5.11. The van der Waals surface area contributed by atoms with Gasteiger partial charge in [-0.25, -0.2) is 0 Å². The Morgan fingerprint density at radius 1 is 1.29 bits per heavy atom. The largest absolute Gasteiger partial charge is 0.464 e. The van der Waals surface area contributed by atoms with Gasteiger partial charge in [0.1, 0.15) is 11.5 Å². The van der Waals surface area contributed by atoms with E-state index in [9.17, 15) is 9.59 Å². The Kier molecular flexibility index (Phi) is 6.90. The maximum Gasteiger partial charge on any atom is 0.242 e. The highest BCUT2D eigenvalue weighted by Crippen LogP contribution is 2.09. The van der Waals surface area contributed by atoms with Crippen LogP contribution in [0, 0.1) is 6.92 Å². The van der Waals surface area contributed by atoms with Crippen LogP contribution in [-0.4, -0.2) is 61.9 Å². The van der Waals surface area contributed by atoms with Gasteiger partial charge < -0.3 is 25.3 Å². The van der Waals surface area contributed by atoms with E-state index in [4.69, 9.17) is 10.2 Å². The maximum absolute atomic E-state index is 12.2. The van der Waals surface area contributed by atoms with Crippen LogP contribution < -0.4 is 11.1 Å². The SMILES string of the molecule is Cc1ccc(CN(CCN(C)C)C(=O)CNC(=O)CN)o1. The predicted molar refractivity (Wildman–Crippen MR) is 79.5 cm³/mol. The number of rotatable bonds is 8. The monoisotopic (exact) mass is 296 g/mol. The topological polar surface area (TPSA) is 91.8 Å². The van der Waals surface area contributed by atoms with Gasteiger partial charge in [-0.1, -0.05) is 0 Å². The molecule has 7 heteroatoms. The van der Waals surface area contributed by atoms with E-state index in [2.05, 4.69) is 5.32 Å². The van der Waals surface area contributed by atoms with Crippen molar-refractivity contribution in [3.63, 3.8) is 0 Å². The van der Waals surface area contributed by atoms with E-state index in [0.717, 1.165) is 18.1 Å². The van der Waals surface area contributed by atoms with Crippen LogP contribution in [0.15, 0.2) is 16.5 Å². The van der Waals surface area contributed by atoms with Crippen LogP contribution in [-0.2, 0) is 16.1 Å². The molecule has 2 amide bonds. The van der Waals surface area contributed by atoms with Crippen molar-refractivity contribution in [1.29, 1.82) is 0 Å². The standard InChI is InChI=1S/C14H24N4O3/c1-11-4-5-12(21-11)10-18(7-6-17(2)3)14(20)9-16-13(19)8-15/h4-5H,6-10,15H2,1-3H3,(H,16,19). The smallest absolute Gasteiger partial charge is 0.242 e. The summed E-state index contributed by atoms with van der Waals surface area (Å²) in [4.78, 5) is 27.0. The number of hydrogen-bond acceptors (Lipinski definition) is 5. The molecule has 0 aliphatic carbocycles. The van der Waals surface area contributed by atoms with Crippen LogP contribution in [0.25, 0.3) is 0 Å². The van der Waals surface area contributed by atoms with Crippen molar-refractivity contribution in [2.75, 3.05) is 40.3 Å². The minimum absolute atomic E-state index is 0.0524. The number of furan rings is 1. The number of carbonyl (C=O) groups is 2. The Morgan fingerprint density at radius 3 is 2.52 bits per heavy atom. The molecule has 1 heterocycles. The molecule has 7 nitrogen and oxygen atoms in total. The van der Waals surface area contributed by atoms with Gasteiger partial charge in [0.05, 0.1) is 19.6 Å². The quantitative estimate of drug-likeness (QED) is 0.678. The molecule has 0 saturated heterocycles. The lowest BCUT2D eigenvalue weighted by Gasteiger charge is -2.23. The molecule has 0 unspecified atom stereocenters. The van der Waals surface area contributed by atoms with E-state index >= 15 is 0 Å². The lowest BCUT2D eigenvalue weighted by molar-refractivity contribution is -0.133. The number of carbonyl (C=O) groups excluding carboxylic acids is 2. The number of hydrogen-bond donors (Lipinski definition) is 2. The maximum atomic E-state index is 12.2. The summed E-state index contributed by atoms with van der Waals surface area (Å²) in [6, 6.07) is 3.71. The second kappa shape index (κ2) is 8.43. The van der Waals surface area contributed by atoms with Gasteiger partial charge in [0, 0.05) is 13.1 Å². The molecule has 118 valence electrons. The van der Waals surface area contributed by atoms with Gasteiger partial charge in [0.25, 0.3) is 0 Å². The van der Waals surface area contributed by atoms with E-state index < -0.39 is 0 Å². The van der Waals surface area contributed by atoms with Crippen LogP contribution in [0.1, 0.15) is 11.5 Å². The minimum Gasteiger partial charge on any atom is -0.464 e. The van der Waals surface area contributed by atoms with Gasteiger partial charge in [-0.15, -0.1) is 0 Å². The average molecular weight is 296 g/mol. The Hall–Kier alpha value is -1.86. The fourth-order valence-corrected chi connectivity index (χ4v) is 1.73. The molecular weight excluding hydrogens is 272 g/mol. The molecule has 0 aromatic carbocycles. The summed E-state index contributed by atoms with van der Waals surface area (Å²) < 4.78 is 5.50. The molecule has 3 N–H and O–H groups in total. The number of amides is 2. The molecule has 0 radical (unpaired) electrons. The number of aryl methyl sites for hydroxylation is 1. The first-order valence-electron chi connectivity index (χ1n) is 6.87. The number of likely N-dealkylation sites (N-methyl/N-ethyl adjacent to an activating group) is 1. The number of nitrogens with one attached hydrogen (secondary N) is 1. The number of nitrogens with two attached hydrogens (primary N) is 1. The summed E-state index contributed by atoms with van der Waals surface area (Å²) in [7, 11) is 3.88. The summed E-state index contributed by atoms with van der Waals surface area (Å²) in [6.45, 7) is 3.36. The lowest BCUT2D eigenvalue weighted by atomic mass is 10.3. The predicted octanol–water partition coefficient (Wildman–Crippen LogP) is -0.447. The summed E-state index contributed by atoms with van der Waals surface area (Å²) in [5, 5.41) is 2.49. The third-order valence-corrected chi connectivity index (χ3v) is 2.93. The summed E-state index contributed by atoms with van der Waals surface area (Å²) in [5.41, 5.74) is 5.20. The molecule has 0 aliphatic heterocycles. The first-order chi connectivity index (χ1) is 9.92. The first-order valence-corrected chi connectivity index (χ1v) is 6.87. The van der Waals surface area contributed by atoms with Gasteiger partial charge in [-0.3, -0.25) is 9.59 Å². The molecule has 0 aliphatic rings. The molecule has 21 heavy (non-hydrogen) atoms. The second-order valence-electron chi connectivity index (χ2n) is 5.11. The lowest BCUT2D eigenvalue weighted by Crippen LogP contribution is -2.43. The van der Waals surface area contributed by atoms with Gasteiger partial charge in [0.2, 0.25) is 11.8 Å². The van der Waals surface area contributed by atoms with Crippen LogP contribution >= 0.6 is 0 Å². The molecule has 1 aromatic rings. The Labute approximate surface area is 125 Å².